The van der Waals surface area contributed by atoms with Gasteiger partial charge < -0.3 is 10.3 Å². The molecule has 2 fully saturated rings. The molecule has 186 valence electrons. The van der Waals surface area contributed by atoms with Gasteiger partial charge in [-0.05, 0) is 93.2 Å². The lowest BCUT2D eigenvalue weighted by molar-refractivity contribution is -0.128. The highest BCUT2D eigenvalue weighted by Gasteiger charge is 2.43. The van der Waals surface area contributed by atoms with Crippen LogP contribution in [0.3, 0.4) is 0 Å². The fraction of sp³-hybridized carbons (Fsp3) is 0.414. The number of benzene rings is 2. The first-order valence-corrected chi connectivity index (χ1v) is 13.3. The maximum absolute atomic E-state index is 13.4. The van der Waals surface area contributed by atoms with Gasteiger partial charge in [0.2, 0.25) is 5.91 Å². The number of amides is 1. The van der Waals surface area contributed by atoms with Crippen LogP contribution in [0.4, 0.5) is 0 Å². The normalized spacial score (nSPS) is 24.2. The van der Waals surface area contributed by atoms with E-state index >= 15 is 0 Å². The van der Waals surface area contributed by atoms with E-state index in [1.807, 2.05) is 22.8 Å². The van der Waals surface area contributed by atoms with E-state index in [-0.39, 0.29) is 11.9 Å². The average molecular weight is 483 g/mol. The second-order valence-corrected chi connectivity index (χ2v) is 10.4. The van der Waals surface area contributed by atoms with Gasteiger partial charge >= 0.3 is 0 Å². The van der Waals surface area contributed by atoms with E-state index in [1.165, 1.54) is 35.7 Å². The lowest BCUT2D eigenvalue weighted by atomic mass is 9.81. The second kappa shape index (κ2) is 9.90. The summed E-state index contributed by atoms with van der Waals surface area (Å²) in [6, 6.07) is 16.9. The molecule has 6 rings (SSSR count). The standard InChI is InChI=1S/C29H34N6O/c36-28(29(15-4-16-31-29)23-5-2-1-3-6-23)34-24-11-8-21(9-12-24)7-10-22-18-30-27-14-13-25(17-26(22)27)35-19-32-33-20-35/h1-3,5-6,13-14,17-21,24,30-31H,4,7-12,15-16H2,(H,34,36)/t21-,24+,29-/m1/s1. The molecule has 1 aliphatic carbocycles. The van der Waals surface area contributed by atoms with Crippen molar-refractivity contribution in [2.75, 3.05) is 6.54 Å². The third kappa shape index (κ3) is 4.44. The molecule has 1 amide bonds. The molecule has 0 radical (unpaired) electrons. The van der Waals surface area contributed by atoms with Gasteiger partial charge in [0.15, 0.2) is 0 Å². The Morgan fingerprint density at radius 1 is 1.06 bits per heavy atom. The molecular weight excluding hydrogens is 448 g/mol. The van der Waals surface area contributed by atoms with Crippen LogP contribution in [0.15, 0.2) is 67.4 Å². The molecule has 3 N–H and O–H groups in total. The molecule has 4 aromatic rings. The SMILES string of the molecule is O=C(N[C@H]1CC[C@@H](CCc2c[nH]c3ccc(-n4cnnc4)cc23)CC1)[C@]1(c2ccccc2)CCCN1. The van der Waals surface area contributed by atoms with Gasteiger partial charge in [0.05, 0.1) is 0 Å². The van der Waals surface area contributed by atoms with Crippen molar-refractivity contribution < 1.29 is 4.79 Å². The van der Waals surface area contributed by atoms with Crippen LogP contribution < -0.4 is 10.6 Å². The summed E-state index contributed by atoms with van der Waals surface area (Å²) < 4.78 is 1.94. The number of aromatic nitrogens is 4. The van der Waals surface area contributed by atoms with Crippen molar-refractivity contribution in [1.82, 2.24) is 30.4 Å². The highest BCUT2D eigenvalue weighted by Crippen LogP contribution is 2.34. The molecular formula is C29H34N6O. The lowest BCUT2D eigenvalue weighted by Crippen LogP contribution is -2.54. The van der Waals surface area contributed by atoms with Crippen molar-refractivity contribution in [3.05, 3.63) is 78.5 Å². The van der Waals surface area contributed by atoms with Crippen LogP contribution in [0.1, 0.15) is 56.1 Å². The van der Waals surface area contributed by atoms with Gasteiger partial charge in [-0.3, -0.25) is 14.7 Å². The highest BCUT2D eigenvalue weighted by atomic mass is 16.2. The topological polar surface area (TPSA) is 87.6 Å². The van der Waals surface area contributed by atoms with Crippen molar-refractivity contribution in [2.24, 2.45) is 5.92 Å². The number of nitrogens with zero attached hydrogens (tertiary/aromatic N) is 3. The van der Waals surface area contributed by atoms with E-state index < -0.39 is 5.54 Å². The smallest absolute Gasteiger partial charge is 0.245 e. The van der Waals surface area contributed by atoms with Crippen molar-refractivity contribution >= 4 is 16.8 Å². The van der Waals surface area contributed by atoms with E-state index in [0.717, 1.165) is 49.9 Å². The van der Waals surface area contributed by atoms with Gasteiger partial charge in [0, 0.05) is 28.8 Å². The van der Waals surface area contributed by atoms with Gasteiger partial charge in [-0.2, -0.15) is 0 Å². The molecule has 0 spiro atoms. The number of aryl methyl sites for hydroxylation is 1. The fourth-order valence-corrected chi connectivity index (χ4v) is 6.17. The van der Waals surface area contributed by atoms with Crippen LogP contribution in [-0.2, 0) is 16.8 Å². The molecule has 0 unspecified atom stereocenters. The zero-order valence-corrected chi connectivity index (χ0v) is 20.6. The van der Waals surface area contributed by atoms with Gasteiger partial charge in [0.1, 0.15) is 18.2 Å². The summed E-state index contributed by atoms with van der Waals surface area (Å²) in [4.78, 5) is 16.9. The van der Waals surface area contributed by atoms with E-state index in [2.05, 4.69) is 62.3 Å². The molecule has 1 saturated heterocycles. The van der Waals surface area contributed by atoms with Crippen LogP contribution in [0.5, 0.6) is 0 Å². The number of aromatic amines is 1. The lowest BCUT2D eigenvalue weighted by Gasteiger charge is -2.34. The first-order chi connectivity index (χ1) is 17.7. The van der Waals surface area contributed by atoms with Crippen molar-refractivity contribution in [3.8, 4) is 5.69 Å². The monoisotopic (exact) mass is 482 g/mol. The van der Waals surface area contributed by atoms with E-state index in [9.17, 15) is 4.79 Å². The minimum Gasteiger partial charge on any atom is -0.361 e. The minimum atomic E-state index is -0.570. The average Bonchev–Trinajstić information content (AvgIpc) is 3.70. The summed E-state index contributed by atoms with van der Waals surface area (Å²) >= 11 is 0. The Morgan fingerprint density at radius 3 is 2.61 bits per heavy atom. The quantitative estimate of drug-likeness (QED) is 0.358. The maximum atomic E-state index is 13.4. The molecule has 1 atom stereocenters. The molecule has 2 aromatic heterocycles. The Bertz CT molecular complexity index is 1300. The number of carbonyl (C=O) groups is 1. The zero-order valence-electron chi connectivity index (χ0n) is 20.6. The molecule has 1 aliphatic heterocycles. The zero-order chi connectivity index (χ0) is 24.4. The predicted octanol–water partition coefficient (Wildman–Crippen LogP) is 4.64. The summed E-state index contributed by atoms with van der Waals surface area (Å²) in [7, 11) is 0. The molecule has 2 aliphatic rings. The third-order valence-electron chi connectivity index (χ3n) is 8.28. The summed E-state index contributed by atoms with van der Waals surface area (Å²) in [5, 5.41) is 16.1. The molecule has 0 bridgehead atoms. The van der Waals surface area contributed by atoms with E-state index in [4.69, 9.17) is 0 Å². The highest BCUT2D eigenvalue weighted by molar-refractivity contribution is 5.88. The number of rotatable bonds is 7. The van der Waals surface area contributed by atoms with Gasteiger partial charge in [-0.1, -0.05) is 30.3 Å². The van der Waals surface area contributed by atoms with Gasteiger partial charge in [-0.15, -0.1) is 10.2 Å². The van der Waals surface area contributed by atoms with Crippen molar-refractivity contribution in [2.45, 2.75) is 62.9 Å². The summed E-state index contributed by atoms with van der Waals surface area (Å²) in [5.41, 5.74) is 4.13. The number of nitrogens with one attached hydrogen (secondary N) is 3. The first kappa shape index (κ1) is 23.0. The minimum absolute atomic E-state index is 0.150. The number of carbonyl (C=O) groups excluding carboxylic acids is 1. The molecule has 1 saturated carbocycles. The third-order valence-corrected chi connectivity index (χ3v) is 8.28. The van der Waals surface area contributed by atoms with Crippen molar-refractivity contribution in [3.63, 3.8) is 0 Å². The molecule has 3 heterocycles. The van der Waals surface area contributed by atoms with Crippen LogP contribution in [0.2, 0.25) is 0 Å². The van der Waals surface area contributed by atoms with Crippen LogP contribution in [0, 0.1) is 5.92 Å². The largest absolute Gasteiger partial charge is 0.361 e. The van der Waals surface area contributed by atoms with Crippen LogP contribution in [-0.4, -0.2) is 38.2 Å². The molecule has 2 aromatic carbocycles. The van der Waals surface area contributed by atoms with Gasteiger partial charge in [0.25, 0.3) is 0 Å². The number of fused-ring (bicyclic) bond motifs is 1. The Hall–Kier alpha value is -3.45. The Balaban J connectivity index is 1.05. The molecule has 36 heavy (non-hydrogen) atoms. The number of H-pyrrole nitrogens is 1. The Kier molecular flexibility index (Phi) is 6.32. The first-order valence-electron chi connectivity index (χ1n) is 13.3. The maximum Gasteiger partial charge on any atom is 0.245 e. The van der Waals surface area contributed by atoms with E-state index in [1.54, 1.807) is 12.7 Å². The predicted molar refractivity (Wildman–Crippen MR) is 141 cm³/mol. The number of hydrogen-bond donors (Lipinski definition) is 3. The fourth-order valence-electron chi connectivity index (χ4n) is 6.17. The van der Waals surface area contributed by atoms with Crippen molar-refractivity contribution in [1.29, 1.82) is 0 Å². The van der Waals surface area contributed by atoms with E-state index in [0.29, 0.717) is 5.92 Å². The van der Waals surface area contributed by atoms with Crippen LogP contribution >= 0.6 is 0 Å². The second-order valence-electron chi connectivity index (χ2n) is 10.4. The van der Waals surface area contributed by atoms with Gasteiger partial charge in [-0.25, -0.2) is 0 Å². The Morgan fingerprint density at radius 2 is 1.86 bits per heavy atom. The van der Waals surface area contributed by atoms with Crippen LogP contribution in [0.25, 0.3) is 16.6 Å². The summed E-state index contributed by atoms with van der Waals surface area (Å²) in [5.74, 6) is 0.856. The molecule has 7 heteroatoms. The summed E-state index contributed by atoms with van der Waals surface area (Å²) in [6.07, 6.45) is 14.2. The number of hydrogen-bond acceptors (Lipinski definition) is 4. The Labute approximate surface area is 211 Å². The molecule has 7 nitrogen and oxygen atoms in total. The summed E-state index contributed by atoms with van der Waals surface area (Å²) in [6.45, 7) is 0.892.